The van der Waals surface area contributed by atoms with Gasteiger partial charge < -0.3 is 10.1 Å². The Morgan fingerprint density at radius 3 is 2.57 bits per heavy atom. The van der Waals surface area contributed by atoms with Crippen LogP contribution >= 0.6 is 0 Å². The molecule has 1 saturated carbocycles. The normalized spacial score (nSPS) is 15.7. The molecule has 0 bridgehead atoms. The first-order valence-corrected chi connectivity index (χ1v) is 8.03. The predicted octanol–water partition coefficient (Wildman–Crippen LogP) is 3.01. The Bertz CT molecular complexity index is 721. The van der Waals surface area contributed by atoms with Gasteiger partial charge in [-0.2, -0.15) is 0 Å². The van der Waals surface area contributed by atoms with Crippen molar-refractivity contribution in [2.75, 3.05) is 13.7 Å². The number of methoxy groups -OCH3 is 1. The van der Waals surface area contributed by atoms with Crippen LogP contribution in [0.2, 0.25) is 0 Å². The van der Waals surface area contributed by atoms with Crippen LogP contribution in [0.1, 0.15) is 30.7 Å². The fourth-order valence-corrected chi connectivity index (χ4v) is 2.92. The molecule has 3 rings (SSSR count). The second-order valence-corrected chi connectivity index (χ2v) is 6.06. The minimum Gasteiger partial charge on any atom is -0.468 e. The summed E-state index contributed by atoms with van der Waals surface area (Å²) in [5.41, 5.74) is 0.865. The van der Waals surface area contributed by atoms with Gasteiger partial charge in [-0.15, -0.1) is 0 Å². The summed E-state index contributed by atoms with van der Waals surface area (Å²) in [4.78, 5) is 24.2. The molecule has 1 atom stereocenters. The van der Waals surface area contributed by atoms with Gasteiger partial charge in [0.1, 0.15) is 0 Å². The standard InChI is InChI=1S/C19H21NO3/c1-23-19(22)17(12-20-18(21)14-7-4-8-14)16-10-9-13-5-2-3-6-15(13)11-16/h2-3,5-6,9-11,14,17H,4,7-8,12H2,1H3,(H,20,21). The maximum atomic E-state index is 12.1. The van der Waals surface area contributed by atoms with Crippen molar-refractivity contribution >= 4 is 22.6 Å². The van der Waals surface area contributed by atoms with Gasteiger partial charge in [0, 0.05) is 12.5 Å². The van der Waals surface area contributed by atoms with E-state index < -0.39 is 5.92 Å². The highest BCUT2D eigenvalue weighted by Crippen LogP contribution is 2.27. The van der Waals surface area contributed by atoms with E-state index in [9.17, 15) is 9.59 Å². The number of carbonyl (C=O) groups excluding carboxylic acids is 2. The maximum absolute atomic E-state index is 12.1. The van der Waals surface area contributed by atoms with Crippen LogP contribution in [-0.4, -0.2) is 25.5 Å². The molecule has 0 radical (unpaired) electrons. The molecule has 1 unspecified atom stereocenters. The van der Waals surface area contributed by atoms with Crippen LogP contribution < -0.4 is 5.32 Å². The highest BCUT2D eigenvalue weighted by atomic mass is 16.5. The fraction of sp³-hybridized carbons (Fsp3) is 0.368. The monoisotopic (exact) mass is 311 g/mol. The van der Waals surface area contributed by atoms with Gasteiger partial charge in [0.2, 0.25) is 5.91 Å². The third kappa shape index (κ3) is 3.36. The molecule has 0 heterocycles. The summed E-state index contributed by atoms with van der Waals surface area (Å²) < 4.78 is 4.92. The quantitative estimate of drug-likeness (QED) is 0.864. The maximum Gasteiger partial charge on any atom is 0.314 e. The number of hydrogen-bond donors (Lipinski definition) is 1. The zero-order valence-corrected chi connectivity index (χ0v) is 13.2. The Morgan fingerprint density at radius 2 is 1.91 bits per heavy atom. The largest absolute Gasteiger partial charge is 0.468 e. The van der Waals surface area contributed by atoms with Crippen LogP contribution in [0.25, 0.3) is 10.8 Å². The molecule has 1 N–H and O–H groups in total. The molecule has 0 saturated heterocycles. The topological polar surface area (TPSA) is 55.4 Å². The molecule has 1 amide bonds. The van der Waals surface area contributed by atoms with Crippen LogP contribution in [0.3, 0.4) is 0 Å². The Labute approximate surface area is 135 Å². The molecule has 2 aromatic carbocycles. The molecule has 0 aliphatic heterocycles. The lowest BCUT2D eigenvalue weighted by Gasteiger charge is -2.25. The second kappa shape index (κ2) is 6.82. The van der Waals surface area contributed by atoms with Gasteiger partial charge in [0.05, 0.1) is 13.0 Å². The lowest BCUT2D eigenvalue weighted by molar-refractivity contribution is -0.142. The first-order valence-electron chi connectivity index (χ1n) is 8.03. The van der Waals surface area contributed by atoms with E-state index in [0.29, 0.717) is 0 Å². The molecule has 0 aromatic heterocycles. The molecular weight excluding hydrogens is 290 g/mol. The Balaban J connectivity index is 1.79. The number of fused-ring (bicyclic) bond motifs is 1. The summed E-state index contributed by atoms with van der Waals surface area (Å²) in [7, 11) is 1.38. The van der Waals surface area contributed by atoms with Crippen molar-refractivity contribution in [3.63, 3.8) is 0 Å². The molecule has 120 valence electrons. The van der Waals surface area contributed by atoms with Gasteiger partial charge in [-0.25, -0.2) is 0 Å². The number of esters is 1. The van der Waals surface area contributed by atoms with E-state index in [-0.39, 0.29) is 24.3 Å². The molecule has 2 aromatic rings. The van der Waals surface area contributed by atoms with Crippen molar-refractivity contribution in [2.45, 2.75) is 25.2 Å². The molecule has 1 aliphatic carbocycles. The van der Waals surface area contributed by atoms with E-state index in [1.54, 1.807) is 0 Å². The van der Waals surface area contributed by atoms with Crippen LogP contribution in [0.5, 0.6) is 0 Å². The summed E-state index contributed by atoms with van der Waals surface area (Å²) in [6, 6.07) is 13.9. The molecule has 0 spiro atoms. The van der Waals surface area contributed by atoms with Crippen molar-refractivity contribution in [2.24, 2.45) is 5.92 Å². The van der Waals surface area contributed by atoms with E-state index in [0.717, 1.165) is 35.6 Å². The molecule has 23 heavy (non-hydrogen) atoms. The average Bonchev–Trinajstić information content (AvgIpc) is 2.53. The first kappa shape index (κ1) is 15.5. The van der Waals surface area contributed by atoms with E-state index in [1.165, 1.54) is 7.11 Å². The highest BCUT2D eigenvalue weighted by molar-refractivity contribution is 5.86. The van der Waals surface area contributed by atoms with E-state index >= 15 is 0 Å². The lowest BCUT2D eigenvalue weighted by atomic mass is 9.84. The Morgan fingerprint density at radius 1 is 1.17 bits per heavy atom. The number of hydrogen-bond acceptors (Lipinski definition) is 3. The molecule has 4 nitrogen and oxygen atoms in total. The van der Waals surface area contributed by atoms with Crippen molar-refractivity contribution < 1.29 is 14.3 Å². The number of rotatable bonds is 5. The number of nitrogens with one attached hydrogen (secondary N) is 1. The van der Waals surface area contributed by atoms with E-state index in [4.69, 9.17) is 4.74 Å². The van der Waals surface area contributed by atoms with Gasteiger partial charge in [-0.3, -0.25) is 9.59 Å². The zero-order valence-electron chi connectivity index (χ0n) is 13.2. The Hall–Kier alpha value is -2.36. The lowest BCUT2D eigenvalue weighted by Crippen LogP contribution is -2.38. The third-order valence-corrected chi connectivity index (χ3v) is 4.62. The molecule has 1 aliphatic rings. The number of benzene rings is 2. The van der Waals surface area contributed by atoms with Crippen molar-refractivity contribution in [3.8, 4) is 0 Å². The van der Waals surface area contributed by atoms with Crippen molar-refractivity contribution in [3.05, 3.63) is 48.0 Å². The van der Waals surface area contributed by atoms with Crippen LogP contribution in [0.4, 0.5) is 0 Å². The summed E-state index contributed by atoms with van der Waals surface area (Å²) in [5.74, 6) is -0.640. The Kier molecular flexibility index (Phi) is 4.60. The summed E-state index contributed by atoms with van der Waals surface area (Å²) in [5, 5.41) is 5.10. The van der Waals surface area contributed by atoms with Crippen molar-refractivity contribution in [1.82, 2.24) is 5.32 Å². The molecule has 1 fully saturated rings. The van der Waals surface area contributed by atoms with Gasteiger partial charge in [0.15, 0.2) is 0 Å². The van der Waals surface area contributed by atoms with Crippen LogP contribution in [0.15, 0.2) is 42.5 Å². The van der Waals surface area contributed by atoms with Crippen LogP contribution in [0, 0.1) is 5.92 Å². The SMILES string of the molecule is COC(=O)C(CNC(=O)C1CCC1)c1ccc2ccccc2c1. The van der Waals surface area contributed by atoms with Gasteiger partial charge in [-0.05, 0) is 29.2 Å². The predicted molar refractivity (Wildman–Crippen MR) is 89.1 cm³/mol. The van der Waals surface area contributed by atoms with Gasteiger partial charge in [0.25, 0.3) is 0 Å². The van der Waals surface area contributed by atoms with E-state index in [2.05, 4.69) is 5.32 Å². The van der Waals surface area contributed by atoms with Crippen LogP contribution in [-0.2, 0) is 14.3 Å². The summed E-state index contributed by atoms with van der Waals surface area (Å²) in [6.07, 6.45) is 3.01. The highest BCUT2D eigenvalue weighted by Gasteiger charge is 2.27. The average molecular weight is 311 g/mol. The fourth-order valence-electron chi connectivity index (χ4n) is 2.92. The smallest absolute Gasteiger partial charge is 0.314 e. The number of amides is 1. The third-order valence-electron chi connectivity index (χ3n) is 4.62. The van der Waals surface area contributed by atoms with Crippen molar-refractivity contribution in [1.29, 1.82) is 0 Å². The summed E-state index contributed by atoms with van der Waals surface area (Å²) >= 11 is 0. The summed E-state index contributed by atoms with van der Waals surface area (Å²) in [6.45, 7) is 0.278. The number of carbonyl (C=O) groups is 2. The zero-order chi connectivity index (χ0) is 16.2. The number of ether oxygens (including phenoxy) is 1. The van der Waals surface area contributed by atoms with Gasteiger partial charge >= 0.3 is 5.97 Å². The van der Waals surface area contributed by atoms with Gasteiger partial charge in [-0.1, -0.05) is 48.9 Å². The molecule has 4 heteroatoms. The second-order valence-electron chi connectivity index (χ2n) is 6.06. The first-order chi connectivity index (χ1) is 11.2. The minimum atomic E-state index is -0.478. The minimum absolute atomic E-state index is 0.0472. The molecular formula is C19H21NO3. The van der Waals surface area contributed by atoms with E-state index in [1.807, 2.05) is 42.5 Å².